The molecule has 2 atom stereocenters. The van der Waals surface area contributed by atoms with Crippen LogP contribution in [0.5, 0.6) is 0 Å². The Labute approximate surface area is 117 Å². The summed E-state index contributed by atoms with van der Waals surface area (Å²) in [4.78, 5) is 9.25. The van der Waals surface area contributed by atoms with Crippen LogP contribution in [0.1, 0.15) is 38.2 Å². The van der Waals surface area contributed by atoms with E-state index in [0.717, 1.165) is 13.1 Å². The van der Waals surface area contributed by atoms with E-state index in [1.54, 1.807) is 0 Å². The van der Waals surface area contributed by atoms with E-state index in [4.69, 9.17) is 0 Å². The van der Waals surface area contributed by atoms with Crippen LogP contribution < -0.4 is 0 Å². The van der Waals surface area contributed by atoms with Crippen molar-refractivity contribution in [2.24, 2.45) is 0 Å². The molecule has 1 aromatic rings. The molecule has 1 aromatic heterocycles. The van der Waals surface area contributed by atoms with Crippen molar-refractivity contribution in [3.8, 4) is 0 Å². The molecule has 19 heavy (non-hydrogen) atoms. The zero-order valence-electron chi connectivity index (χ0n) is 12.5. The molecule has 3 heteroatoms. The summed E-state index contributed by atoms with van der Waals surface area (Å²) in [7, 11) is 4.53. The number of rotatable bonds is 5. The van der Waals surface area contributed by atoms with Crippen molar-refractivity contribution >= 4 is 0 Å². The Morgan fingerprint density at radius 2 is 1.84 bits per heavy atom. The minimum absolute atomic E-state index is 0.680. The zero-order valence-corrected chi connectivity index (χ0v) is 12.5. The lowest BCUT2D eigenvalue weighted by atomic mass is 9.88. The standard InChI is InChI=1S/C16H27N3/c1-4-18(2)15-9-5-6-10-16(15)19(3)13-14-8-7-11-17-12-14/h7-8,11-12,15-16H,4-6,9-10,13H2,1-3H3. The van der Waals surface area contributed by atoms with Crippen molar-refractivity contribution in [3.05, 3.63) is 30.1 Å². The zero-order chi connectivity index (χ0) is 13.7. The normalized spacial score (nSPS) is 24.1. The first-order valence-electron chi connectivity index (χ1n) is 7.51. The fourth-order valence-electron chi connectivity index (χ4n) is 3.25. The summed E-state index contributed by atoms with van der Waals surface area (Å²) >= 11 is 0. The van der Waals surface area contributed by atoms with Gasteiger partial charge in [0.1, 0.15) is 0 Å². The van der Waals surface area contributed by atoms with Gasteiger partial charge in [0.2, 0.25) is 0 Å². The number of hydrogen-bond acceptors (Lipinski definition) is 3. The van der Waals surface area contributed by atoms with E-state index in [0.29, 0.717) is 12.1 Å². The van der Waals surface area contributed by atoms with E-state index in [1.165, 1.54) is 31.2 Å². The van der Waals surface area contributed by atoms with E-state index in [1.807, 2.05) is 18.5 Å². The van der Waals surface area contributed by atoms with Crippen LogP contribution in [0.3, 0.4) is 0 Å². The molecule has 106 valence electrons. The Hall–Kier alpha value is -0.930. The molecular weight excluding hydrogens is 234 g/mol. The van der Waals surface area contributed by atoms with Gasteiger partial charge in [0.25, 0.3) is 0 Å². The number of aromatic nitrogens is 1. The molecule has 3 nitrogen and oxygen atoms in total. The maximum atomic E-state index is 4.22. The monoisotopic (exact) mass is 261 g/mol. The summed E-state index contributed by atoms with van der Waals surface area (Å²) in [6, 6.07) is 5.59. The lowest BCUT2D eigenvalue weighted by molar-refractivity contribution is 0.0764. The fourth-order valence-corrected chi connectivity index (χ4v) is 3.25. The van der Waals surface area contributed by atoms with Crippen LogP contribution in [0.2, 0.25) is 0 Å². The van der Waals surface area contributed by atoms with Gasteiger partial charge >= 0.3 is 0 Å². The maximum Gasteiger partial charge on any atom is 0.0312 e. The van der Waals surface area contributed by atoms with E-state index >= 15 is 0 Å². The molecule has 0 spiro atoms. The van der Waals surface area contributed by atoms with Crippen LogP contribution >= 0.6 is 0 Å². The van der Waals surface area contributed by atoms with E-state index < -0.39 is 0 Å². The van der Waals surface area contributed by atoms with Crippen molar-refractivity contribution in [2.45, 2.75) is 51.2 Å². The second kappa shape index (κ2) is 7.01. The average molecular weight is 261 g/mol. The van der Waals surface area contributed by atoms with Gasteiger partial charge in [-0.3, -0.25) is 9.88 Å². The van der Waals surface area contributed by atoms with Gasteiger partial charge in [0, 0.05) is 31.0 Å². The van der Waals surface area contributed by atoms with E-state index in [9.17, 15) is 0 Å². The lowest BCUT2D eigenvalue weighted by Crippen LogP contribution is -2.50. The minimum Gasteiger partial charge on any atom is -0.302 e. The lowest BCUT2D eigenvalue weighted by Gasteiger charge is -2.42. The summed E-state index contributed by atoms with van der Waals surface area (Å²) in [6.07, 6.45) is 9.25. The van der Waals surface area contributed by atoms with Crippen molar-refractivity contribution < 1.29 is 0 Å². The van der Waals surface area contributed by atoms with Crippen LogP contribution in [-0.2, 0) is 6.54 Å². The average Bonchev–Trinajstić information content (AvgIpc) is 2.47. The Kier molecular flexibility index (Phi) is 5.34. The van der Waals surface area contributed by atoms with Gasteiger partial charge in [-0.1, -0.05) is 25.8 Å². The molecule has 0 amide bonds. The summed E-state index contributed by atoms with van der Waals surface area (Å²) in [5.41, 5.74) is 1.31. The third-order valence-electron chi connectivity index (χ3n) is 4.48. The Balaban J connectivity index is 2.01. The maximum absolute atomic E-state index is 4.22. The SMILES string of the molecule is CCN(C)C1CCCCC1N(C)Cc1cccnc1. The number of nitrogens with zero attached hydrogens (tertiary/aromatic N) is 3. The highest BCUT2D eigenvalue weighted by molar-refractivity contribution is 5.08. The number of likely N-dealkylation sites (N-methyl/N-ethyl adjacent to an activating group) is 2. The molecule has 2 unspecified atom stereocenters. The molecule has 1 aliphatic rings. The molecule has 2 rings (SSSR count). The first kappa shape index (κ1) is 14.5. The van der Waals surface area contributed by atoms with Crippen LogP contribution in [0.15, 0.2) is 24.5 Å². The van der Waals surface area contributed by atoms with Crippen LogP contribution in [-0.4, -0.2) is 47.5 Å². The van der Waals surface area contributed by atoms with E-state index in [2.05, 4.69) is 41.9 Å². The summed E-state index contributed by atoms with van der Waals surface area (Å²) in [6.45, 7) is 4.40. The molecule has 1 heterocycles. The summed E-state index contributed by atoms with van der Waals surface area (Å²) in [5, 5.41) is 0. The second-order valence-corrected chi connectivity index (χ2v) is 5.77. The van der Waals surface area contributed by atoms with Crippen molar-refractivity contribution in [2.75, 3.05) is 20.6 Å². The molecule has 1 saturated carbocycles. The van der Waals surface area contributed by atoms with Gasteiger partial charge in [-0.25, -0.2) is 0 Å². The van der Waals surface area contributed by atoms with Crippen molar-refractivity contribution in [1.82, 2.24) is 14.8 Å². The molecular formula is C16H27N3. The molecule has 0 N–H and O–H groups in total. The summed E-state index contributed by atoms with van der Waals surface area (Å²) in [5.74, 6) is 0. The largest absolute Gasteiger partial charge is 0.302 e. The minimum atomic E-state index is 0.680. The Morgan fingerprint density at radius 3 is 2.42 bits per heavy atom. The molecule has 0 saturated heterocycles. The van der Waals surface area contributed by atoms with Gasteiger partial charge in [0.05, 0.1) is 0 Å². The Morgan fingerprint density at radius 1 is 1.16 bits per heavy atom. The van der Waals surface area contributed by atoms with Crippen LogP contribution in [0, 0.1) is 0 Å². The topological polar surface area (TPSA) is 19.4 Å². The number of hydrogen-bond donors (Lipinski definition) is 0. The van der Waals surface area contributed by atoms with E-state index in [-0.39, 0.29) is 0 Å². The third-order valence-corrected chi connectivity index (χ3v) is 4.48. The fraction of sp³-hybridized carbons (Fsp3) is 0.688. The van der Waals surface area contributed by atoms with Gasteiger partial charge in [0.15, 0.2) is 0 Å². The van der Waals surface area contributed by atoms with Crippen LogP contribution in [0.25, 0.3) is 0 Å². The highest BCUT2D eigenvalue weighted by Crippen LogP contribution is 2.26. The molecule has 0 aliphatic heterocycles. The Bertz CT molecular complexity index is 366. The highest BCUT2D eigenvalue weighted by Gasteiger charge is 2.30. The predicted octanol–water partition coefficient (Wildman–Crippen LogP) is 2.78. The first-order valence-corrected chi connectivity index (χ1v) is 7.51. The quantitative estimate of drug-likeness (QED) is 0.812. The van der Waals surface area contributed by atoms with Crippen molar-refractivity contribution in [1.29, 1.82) is 0 Å². The van der Waals surface area contributed by atoms with Crippen LogP contribution in [0.4, 0.5) is 0 Å². The van der Waals surface area contributed by atoms with Gasteiger partial charge in [-0.2, -0.15) is 0 Å². The van der Waals surface area contributed by atoms with Gasteiger partial charge < -0.3 is 4.90 Å². The molecule has 0 aromatic carbocycles. The highest BCUT2D eigenvalue weighted by atomic mass is 15.2. The predicted molar refractivity (Wildman–Crippen MR) is 80.1 cm³/mol. The van der Waals surface area contributed by atoms with Gasteiger partial charge in [-0.15, -0.1) is 0 Å². The molecule has 1 aliphatic carbocycles. The molecule has 0 bridgehead atoms. The van der Waals surface area contributed by atoms with Gasteiger partial charge in [-0.05, 0) is 45.1 Å². The smallest absolute Gasteiger partial charge is 0.0312 e. The first-order chi connectivity index (χ1) is 9.22. The molecule has 1 fully saturated rings. The molecule has 0 radical (unpaired) electrons. The second-order valence-electron chi connectivity index (χ2n) is 5.77. The summed E-state index contributed by atoms with van der Waals surface area (Å²) < 4.78 is 0. The third kappa shape index (κ3) is 3.77. The number of pyridine rings is 1. The van der Waals surface area contributed by atoms with Crippen molar-refractivity contribution in [3.63, 3.8) is 0 Å².